The fraction of sp³-hybridized carbons (Fsp3) is 0.364. The largest absolute Gasteiger partial charge is 0.478 e. The third kappa shape index (κ3) is 3.95. The summed E-state index contributed by atoms with van der Waals surface area (Å²) in [6.45, 7) is 1.13. The summed E-state index contributed by atoms with van der Waals surface area (Å²) in [5.74, 6) is -0.144. The predicted molar refractivity (Wildman–Crippen MR) is 72.1 cm³/mol. The number of benzene rings is 1. The van der Waals surface area contributed by atoms with Crippen LogP contribution in [-0.4, -0.2) is 35.9 Å². The van der Waals surface area contributed by atoms with E-state index in [9.17, 15) is 4.79 Å². The van der Waals surface area contributed by atoms with Crippen LogP contribution in [0.1, 0.15) is 10.4 Å². The molecule has 0 aromatic heterocycles. The Bertz CT molecular complexity index is 392. The van der Waals surface area contributed by atoms with Gasteiger partial charge >= 0.3 is 5.97 Å². The molecule has 0 aliphatic heterocycles. The van der Waals surface area contributed by atoms with E-state index < -0.39 is 5.97 Å². The first-order valence-corrected chi connectivity index (χ1v) is 6.44. The molecule has 0 bridgehead atoms. The normalized spacial score (nSPS) is 10.3. The Morgan fingerprint density at radius 2 is 1.82 bits per heavy atom. The molecule has 0 aliphatic carbocycles. The number of alkyl halides is 2. The summed E-state index contributed by atoms with van der Waals surface area (Å²) in [5.41, 5.74) is 0.839. The van der Waals surface area contributed by atoms with Crippen LogP contribution in [0, 0.1) is 0 Å². The maximum atomic E-state index is 10.9. The van der Waals surface area contributed by atoms with E-state index in [0.29, 0.717) is 35.6 Å². The molecule has 3 nitrogen and oxygen atoms in total. The summed E-state index contributed by atoms with van der Waals surface area (Å²) in [6.07, 6.45) is 0. The molecule has 0 atom stereocenters. The van der Waals surface area contributed by atoms with Crippen LogP contribution in [0.5, 0.6) is 0 Å². The second-order valence-electron chi connectivity index (χ2n) is 3.34. The molecule has 0 heterocycles. The highest BCUT2D eigenvalue weighted by Gasteiger charge is 2.12. The van der Waals surface area contributed by atoms with E-state index >= 15 is 0 Å². The molecule has 6 heteroatoms. The molecule has 94 valence electrons. The fourth-order valence-corrected chi connectivity index (χ4v) is 2.09. The van der Waals surface area contributed by atoms with Crippen molar-refractivity contribution < 1.29 is 9.90 Å². The van der Waals surface area contributed by atoms with Gasteiger partial charge in [0.15, 0.2) is 0 Å². The van der Waals surface area contributed by atoms with Crippen molar-refractivity contribution in [1.29, 1.82) is 0 Å². The Morgan fingerprint density at radius 3 is 2.29 bits per heavy atom. The number of aromatic carboxylic acids is 1. The lowest BCUT2D eigenvalue weighted by atomic mass is 10.2. The van der Waals surface area contributed by atoms with Crippen LogP contribution in [0.2, 0.25) is 5.02 Å². The van der Waals surface area contributed by atoms with Gasteiger partial charge in [0.05, 0.1) is 16.3 Å². The summed E-state index contributed by atoms with van der Waals surface area (Å²) in [5, 5.41) is 9.42. The molecule has 0 radical (unpaired) electrons. The van der Waals surface area contributed by atoms with Gasteiger partial charge in [0, 0.05) is 24.8 Å². The summed E-state index contributed by atoms with van der Waals surface area (Å²) in [4.78, 5) is 12.8. The van der Waals surface area contributed by atoms with E-state index in [4.69, 9.17) is 39.9 Å². The van der Waals surface area contributed by atoms with Gasteiger partial charge in [0.1, 0.15) is 0 Å². The van der Waals surface area contributed by atoms with Crippen LogP contribution in [0.4, 0.5) is 5.69 Å². The van der Waals surface area contributed by atoms with Gasteiger partial charge in [-0.05, 0) is 18.2 Å². The Kier molecular flexibility index (Phi) is 5.89. The van der Waals surface area contributed by atoms with E-state index in [0.717, 1.165) is 0 Å². The molecule has 1 N–H and O–H groups in total. The van der Waals surface area contributed by atoms with Crippen LogP contribution >= 0.6 is 34.8 Å². The molecule has 1 aromatic carbocycles. The highest BCUT2D eigenvalue weighted by Crippen LogP contribution is 2.27. The van der Waals surface area contributed by atoms with Crippen LogP contribution in [0.25, 0.3) is 0 Å². The maximum Gasteiger partial charge on any atom is 0.335 e. The van der Waals surface area contributed by atoms with E-state index in [2.05, 4.69) is 0 Å². The molecule has 0 unspecified atom stereocenters. The quantitative estimate of drug-likeness (QED) is 0.819. The van der Waals surface area contributed by atoms with Crippen LogP contribution in [0.15, 0.2) is 18.2 Å². The first kappa shape index (κ1) is 14.4. The van der Waals surface area contributed by atoms with Crippen molar-refractivity contribution in [2.75, 3.05) is 29.7 Å². The Labute approximate surface area is 115 Å². The predicted octanol–water partition coefficient (Wildman–Crippen LogP) is 3.32. The lowest BCUT2D eigenvalue weighted by molar-refractivity contribution is 0.0697. The molecule has 1 aromatic rings. The van der Waals surface area contributed by atoms with Crippen molar-refractivity contribution in [2.24, 2.45) is 0 Å². The Morgan fingerprint density at radius 1 is 1.24 bits per heavy atom. The molecule has 0 saturated carbocycles. The van der Waals surface area contributed by atoms with Crippen LogP contribution in [-0.2, 0) is 0 Å². The van der Waals surface area contributed by atoms with E-state index in [-0.39, 0.29) is 5.56 Å². The first-order valence-electron chi connectivity index (χ1n) is 5.00. The molecular weight excluding hydrogens is 284 g/mol. The Hall–Kier alpha value is -0.640. The van der Waals surface area contributed by atoms with Crippen molar-refractivity contribution >= 4 is 46.5 Å². The number of hydrogen-bond donors (Lipinski definition) is 1. The molecule has 0 fully saturated rings. The lowest BCUT2D eigenvalue weighted by Crippen LogP contribution is -2.28. The van der Waals surface area contributed by atoms with Gasteiger partial charge in [-0.1, -0.05) is 11.6 Å². The third-order valence-electron chi connectivity index (χ3n) is 2.24. The standard InChI is InChI=1S/C11H12Cl3NO2/c12-3-5-15(6-4-13)10-7-8(11(16)17)1-2-9(10)14/h1-2,7H,3-6H2,(H,16,17). The van der Waals surface area contributed by atoms with Gasteiger partial charge < -0.3 is 10.0 Å². The first-order chi connectivity index (χ1) is 8.10. The number of carboxylic acid groups (broad SMARTS) is 1. The van der Waals surface area contributed by atoms with Crippen LogP contribution in [0.3, 0.4) is 0 Å². The number of carboxylic acids is 1. The van der Waals surface area contributed by atoms with E-state index in [1.54, 1.807) is 6.07 Å². The number of hydrogen-bond acceptors (Lipinski definition) is 2. The molecule has 1 rings (SSSR count). The molecule has 0 saturated heterocycles. The fourth-order valence-electron chi connectivity index (χ4n) is 1.44. The SMILES string of the molecule is O=C(O)c1ccc(Cl)c(N(CCCl)CCCl)c1. The van der Waals surface area contributed by atoms with E-state index in [1.807, 2.05) is 4.90 Å². The minimum atomic E-state index is -0.986. The third-order valence-corrected chi connectivity index (χ3v) is 2.90. The molecule has 0 amide bonds. The zero-order valence-electron chi connectivity index (χ0n) is 9.00. The number of rotatable bonds is 6. The van der Waals surface area contributed by atoms with E-state index in [1.165, 1.54) is 12.1 Å². The zero-order valence-corrected chi connectivity index (χ0v) is 11.3. The Balaban J connectivity index is 3.07. The number of carbonyl (C=O) groups is 1. The van der Waals surface area contributed by atoms with Crippen molar-refractivity contribution in [2.45, 2.75) is 0 Å². The molecule has 17 heavy (non-hydrogen) atoms. The van der Waals surface area contributed by atoms with Gasteiger partial charge in [-0.2, -0.15) is 0 Å². The molecular formula is C11H12Cl3NO2. The number of anilines is 1. The average molecular weight is 297 g/mol. The van der Waals surface area contributed by atoms with Gasteiger partial charge in [0.2, 0.25) is 0 Å². The monoisotopic (exact) mass is 295 g/mol. The maximum absolute atomic E-state index is 10.9. The summed E-state index contributed by atoms with van der Waals surface area (Å²) in [6, 6.07) is 4.56. The zero-order chi connectivity index (χ0) is 12.8. The number of halogens is 3. The van der Waals surface area contributed by atoms with Crippen molar-refractivity contribution in [3.05, 3.63) is 28.8 Å². The lowest BCUT2D eigenvalue weighted by Gasteiger charge is -2.24. The van der Waals surface area contributed by atoms with Crippen molar-refractivity contribution in [3.63, 3.8) is 0 Å². The van der Waals surface area contributed by atoms with Gasteiger partial charge in [-0.25, -0.2) is 4.79 Å². The number of nitrogens with zero attached hydrogens (tertiary/aromatic N) is 1. The minimum Gasteiger partial charge on any atom is -0.478 e. The average Bonchev–Trinajstić information content (AvgIpc) is 2.29. The summed E-state index contributed by atoms with van der Waals surface area (Å²) >= 11 is 17.4. The molecule has 0 spiro atoms. The summed E-state index contributed by atoms with van der Waals surface area (Å²) < 4.78 is 0. The summed E-state index contributed by atoms with van der Waals surface area (Å²) in [7, 11) is 0. The highest BCUT2D eigenvalue weighted by molar-refractivity contribution is 6.33. The van der Waals surface area contributed by atoms with Crippen LogP contribution < -0.4 is 4.90 Å². The smallest absolute Gasteiger partial charge is 0.335 e. The minimum absolute atomic E-state index is 0.193. The highest BCUT2D eigenvalue weighted by atomic mass is 35.5. The van der Waals surface area contributed by atoms with Gasteiger partial charge in [-0.3, -0.25) is 0 Å². The second kappa shape index (κ2) is 6.94. The topological polar surface area (TPSA) is 40.5 Å². The second-order valence-corrected chi connectivity index (χ2v) is 4.50. The van der Waals surface area contributed by atoms with Gasteiger partial charge in [0.25, 0.3) is 0 Å². The van der Waals surface area contributed by atoms with Crippen molar-refractivity contribution in [1.82, 2.24) is 0 Å². The van der Waals surface area contributed by atoms with Gasteiger partial charge in [-0.15, -0.1) is 23.2 Å². The van der Waals surface area contributed by atoms with Crippen molar-refractivity contribution in [3.8, 4) is 0 Å². The molecule has 0 aliphatic rings.